The first-order chi connectivity index (χ1) is 9.52. The molecule has 1 N–H and O–H groups in total. The number of ether oxygens (including phenoxy) is 2. The van der Waals surface area contributed by atoms with Crippen LogP contribution in [0.5, 0.6) is 0 Å². The Morgan fingerprint density at radius 3 is 2.80 bits per heavy atom. The number of esters is 1. The Hall–Kier alpha value is -0.650. The van der Waals surface area contributed by atoms with Crippen LogP contribution >= 0.6 is 0 Å². The van der Waals surface area contributed by atoms with E-state index < -0.39 is 0 Å². The number of methoxy groups -OCH3 is 1. The molecule has 5 heteroatoms. The lowest BCUT2D eigenvalue weighted by Crippen LogP contribution is -2.44. The van der Waals surface area contributed by atoms with Crippen molar-refractivity contribution in [2.24, 2.45) is 5.92 Å². The topological polar surface area (TPSA) is 50.8 Å². The fraction of sp³-hybridized carbons (Fsp3) is 0.933. The van der Waals surface area contributed by atoms with Gasteiger partial charge in [0.1, 0.15) is 6.04 Å². The van der Waals surface area contributed by atoms with Crippen molar-refractivity contribution in [3.05, 3.63) is 0 Å². The van der Waals surface area contributed by atoms with Crippen LogP contribution in [-0.4, -0.2) is 63.4 Å². The van der Waals surface area contributed by atoms with Gasteiger partial charge in [-0.3, -0.25) is 4.79 Å². The summed E-state index contributed by atoms with van der Waals surface area (Å²) in [4.78, 5) is 14.0. The predicted molar refractivity (Wildman–Crippen MR) is 79.7 cm³/mol. The maximum absolute atomic E-state index is 11.7. The molecule has 2 unspecified atom stereocenters. The van der Waals surface area contributed by atoms with E-state index >= 15 is 0 Å². The maximum Gasteiger partial charge on any atom is 0.322 e. The summed E-state index contributed by atoms with van der Waals surface area (Å²) in [7, 11) is 3.55. The molecule has 1 rings (SSSR count). The molecule has 0 spiro atoms. The minimum Gasteiger partial charge on any atom is -0.468 e. The molecule has 1 saturated heterocycles. The Morgan fingerprint density at radius 1 is 1.50 bits per heavy atom. The minimum absolute atomic E-state index is 0.173. The summed E-state index contributed by atoms with van der Waals surface area (Å²) in [6, 6.07) is 0.0567. The number of carbonyl (C=O) groups is 1. The largest absolute Gasteiger partial charge is 0.468 e. The average Bonchev–Trinajstić information content (AvgIpc) is 2.43. The van der Waals surface area contributed by atoms with Crippen molar-refractivity contribution in [1.82, 2.24) is 10.2 Å². The maximum atomic E-state index is 11.7. The predicted octanol–water partition coefficient (Wildman–Crippen LogP) is 1.27. The summed E-state index contributed by atoms with van der Waals surface area (Å²) in [6.07, 6.45) is 3.18. The van der Waals surface area contributed by atoms with Crippen LogP contribution in [0.1, 0.15) is 33.1 Å². The Morgan fingerprint density at radius 2 is 2.25 bits per heavy atom. The molecule has 0 bridgehead atoms. The number of nitrogens with zero attached hydrogens (tertiary/aromatic N) is 1. The third kappa shape index (κ3) is 6.68. The van der Waals surface area contributed by atoms with E-state index in [1.54, 1.807) is 0 Å². The highest BCUT2D eigenvalue weighted by Gasteiger charge is 2.21. The molecule has 1 heterocycles. The molecular formula is C15H30N2O3. The monoisotopic (exact) mass is 286 g/mol. The van der Waals surface area contributed by atoms with E-state index in [2.05, 4.69) is 17.3 Å². The van der Waals surface area contributed by atoms with Gasteiger partial charge in [0.2, 0.25) is 0 Å². The zero-order chi connectivity index (χ0) is 15.0. The first-order valence-corrected chi connectivity index (χ1v) is 7.63. The first-order valence-electron chi connectivity index (χ1n) is 7.63. The number of hydrogen-bond donors (Lipinski definition) is 1. The van der Waals surface area contributed by atoms with Crippen molar-refractivity contribution in [2.75, 3.05) is 40.5 Å². The van der Waals surface area contributed by atoms with E-state index in [1.807, 2.05) is 13.8 Å². The van der Waals surface area contributed by atoms with Crippen LogP contribution in [0.4, 0.5) is 0 Å². The SMILES string of the molecule is COC(=O)C(CCN(C)CC1CCCOC1)NC(C)C. The van der Waals surface area contributed by atoms with Crippen molar-refractivity contribution < 1.29 is 14.3 Å². The Bertz CT molecular complexity index is 278. The summed E-state index contributed by atoms with van der Waals surface area (Å²) in [5.74, 6) is 0.455. The fourth-order valence-corrected chi connectivity index (χ4v) is 2.65. The summed E-state index contributed by atoms with van der Waals surface area (Å²) < 4.78 is 10.4. The molecule has 0 radical (unpaired) electrons. The van der Waals surface area contributed by atoms with Crippen molar-refractivity contribution in [3.8, 4) is 0 Å². The molecule has 2 atom stereocenters. The number of carbonyl (C=O) groups excluding carboxylic acids is 1. The van der Waals surface area contributed by atoms with E-state index in [0.717, 1.165) is 39.1 Å². The highest BCUT2D eigenvalue weighted by molar-refractivity contribution is 5.75. The van der Waals surface area contributed by atoms with Crippen molar-refractivity contribution >= 4 is 5.97 Å². The lowest BCUT2D eigenvalue weighted by Gasteiger charge is -2.28. The highest BCUT2D eigenvalue weighted by Crippen LogP contribution is 2.14. The van der Waals surface area contributed by atoms with Gasteiger partial charge in [-0.1, -0.05) is 13.8 Å². The van der Waals surface area contributed by atoms with Gasteiger partial charge in [0.25, 0.3) is 0 Å². The molecule has 1 aliphatic heterocycles. The van der Waals surface area contributed by atoms with E-state index in [1.165, 1.54) is 13.5 Å². The molecule has 0 amide bonds. The molecule has 0 aromatic rings. The Balaban J connectivity index is 2.31. The summed E-state index contributed by atoms with van der Waals surface area (Å²) in [6.45, 7) is 7.78. The van der Waals surface area contributed by atoms with E-state index in [0.29, 0.717) is 5.92 Å². The first kappa shape index (κ1) is 17.4. The second-order valence-corrected chi connectivity index (χ2v) is 6.03. The lowest BCUT2D eigenvalue weighted by atomic mass is 10.0. The molecule has 0 aliphatic carbocycles. The van der Waals surface area contributed by atoms with E-state index in [-0.39, 0.29) is 18.1 Å². The van der Waals surface area contributed by atoms with Crippen LogP contribution in [0.3, 0.4) is 0 Å². The second kappa shape index (κ2) is 9.32. The molecular weight excluding hydrogens is 256 g/mol. The summed E-state index contributed by atoms with van der Waals surface area (Å²) in [5, 5.41) is 3.26. The molecule has 1 fully saturated rings. The lowest BCUT2D eigenvalue weighted by molar-refractivity contribution is -0.143. The quantitative estimate of drug-likeness (QED) is 0.681. The van der Waals surface area contributed by atoms with Gasteiger partial charge in [0.15, 0.2) is 0 Å². The van der Waals surface area contributed by atoms with E-state index in [9.17, 15) is 4.79 Å². The molecule has 1 aliphatic rings. The van der Waals surface area contributed by atoms with Gasteiger partial charge < -0.3 is 19.7 Å². The molecule has 5 nitrogen and oxygen atoms in total. The summed E-state index contributed by atoms with van der Waals surface area (Å²) in [5.41, 5.74) is 0. The molecule has 0 aromatic carbocycles. The van der Waals surface area contributed by atoms with Crippen LogP contribution in [0.2, 0.25) is 0 Å². The van der Waals surface area contributed by atoms with Crippen LogP contribution in [0.15, 0.2) is 0 Å². The van der Waals surface area contributed by atoms with Crippen LogP contribution < -0.4 is 5.32 Å². The van der Waals surface area contributed by atoms with Gasteiger partial charge >= 0.3 is 5.97 Å². The van der Waals surface area contributed by atoms with Gasteiger partial charge in [0, 0.05) is 19.2 Å². The standard InChI is InChI=1S/C15H30N2O3/c1-12(2)16-14(15(18)19-4)7-8-17(3)10-13-6-5-9-20-11-13/h12-14,16H,5-11H2,1-4H3. The Labute approximate surface area is 123 Å². The molecule has 0 saturated carbocycles. The van der Waals surface area contributed by atoms with Gasteiger partial charge in [-0.2, -0.15) is 0 Å². The van der Waals surface area contributed by atoms with Crippen molar-refractivity contribution in [3.63, 3.8) is 0 Å². The average molecular weight is 286 g/mol. The van der Waals surface area contributed by atoms with Gasteiger partial charge in [0.05, 0.1) is 13.7 Å². The number of hydrogen-bond acceptors (Lipinski definition) is 5. The van der Waals surface area contributed by atoms with E-state index in [4.69, 9.17) is 9.47 Å². The molecule has 118 valence electrons. The van der Waals surface area contributed by atoms with Gasteiger partial charge in [-0.05, 0) is 38.8 Å². The number of nitrogens with one attached hydrogen (secondary N) is 1. The van der Waals surface area contributed by atoms with Gasteiger partial charge in [-0.15, -0.1) is 0 Å². The van der Waals surface area contributed by atoms with Crippen LogP contribution in [-0.2, 0) is 14.3 Å². The fourth-order valence-electron chi connectivity index (χ4n) is 2.65. The smallest absolute Gasteiger partial charge is 0.322 e. The number of rotatable bonds is 8. The third-order valence-electron chi connectivity index (χ3n) is 3.64. The zero-order valence-electron chi connectivity index (χ0n) is 13.4. The third-order valence-corrected chi connectivity index (χ3v) is 3.64. The Kier molecular flexibility index (Phi) is 8.11. The van der Waals surface area contributed by atoms with Crippen molar-refractivity contribution in [1.29, 1.82) is 0 Å². The summed E-state index contributed by atoms with van der Waals surface area (Å²) >= 11 is 0. The van der Waals surface area contributed by atoms with Crippen LogP contribution in [0, 0.1) is 5.92 Å². The normalized spacial score (nSPS) is 21.2. The highest BCUT2D eigenvalue weighted by atomic mass is 16.5. The van der Waals surface area contributed by atoms with Crippen LogP contribution in [0.25, 0.3) is 0 Å². The molecule has 20 heavy (non-hydrogen) atoms. The zero-order valence-corrected chi connectivity index (χ0v) is 13.4. The van der Waals surface area contributed by atoms with Crippen molar-refractivity contribution in [2.45, 2.75) is 45.2 Å². The minimum atomic E-state index is -0.218. The molecule has 0 aromatic heterocycles. The second-order valence-electron chi connectivity index (χ2n) is 6.03. The van der Waals surface area contributed by atoms with Gasteiger partial charge in [-0.25, -0.2) is 0 Å².